The highest BCUT2D eigenvalue weighted by atomic mass is 32.1. The van der Waals surface area contributed by atoms with Crippen molar-refractivity contribution >= 4 is 37.4 Å². The van der Waals surface area contributed by atoms with E-state index in [-0.39, 0.29) is 11.5 Å². The fourth-order valence-corrected chi connectivity index (χ4v) is 5.51. The molecule has 0 bridgehead atoms. The van der Waals surface area contributed by atoms with Crippen molar-refractivity contribution in [3.8, 4) is 0 Å². The van der Waals surface area contributed by atoms with Crippen LogP contribution in [0.1, 0.15) is 50.8 Å². The highest BCUT2D eigenvalue weighted by Gasteiger charge is 2.24. The summed E-state index contributed by atoms with van der Waals surface area (Å²) in [5, 5.41) is 9.19. The van der Waals surface area contributed by atoms with Crippen LogP contribution in [0.5, 0.6) is 0 Å². The second-order valence-corrected chi connectivity index (χ2v) is 9.16. The molecular weight excluding hydrogens is 396 g/mol. The van der Waals surface area contributed by atoms with Crippen LogP contribution < -0.4 is 10.9 Å². The molecule has 4 rings (SSSR count). The number of carbonyl (C=O) groups excluding carboxylic acids is 1. The molecule has 1 N–H and O–H groups in total. The van der Waals surface area contributed by atoms with Crippen molar-refractivity contribution in [3.63, 3.8) is 0 Å². The number of carbonyl (C=O) groups is 1. The Morgan fingerprint density at radius 3 is 2.77 bits per heavy atom. The van der Waals surface area contributed by atoms with Crippen LogP contribution in [0.2, 0.25) is 0 Å². The van der Waals surface area contributed by atoms with Crippen LogP contribution in [0.3, 0.4) is 0 Å². The number of nitrogens with one attached hydrogen (secondary N) is 1. The third kappa shape index (κ3) is 4.14. The first-order valence-corrected chi connectivity index (χ1v) is 11.8. The molecule has 160 valence electrons. The first-order valence-electron chi connectivity index (χ1n) is 11.0. The Bertz CT molecular complexity index is 1100. The van der Waals surface area contributed by atoms with Gasteiger partial charge in [0, 0.05) is 16.6 Å². The Kier molecular flexibility index (Phi) is 6.49. The minimum absolute atomic E-state index is 0.121. The van der Waals surface area contributed by atoms with Gasteiger partial charge in [-0.1, -0.05) is 31.5 Å². The summed E-state index contributed by atoms with van der Waals surface area (Å²) in [5.41, 5.74) is 0.616. The van der Waals surface area contributed by atoms with Crippen molar-refractivity contribution < 1.29 is 4.79 Å². The summed E-state index contributed by atoms with van der Waals surface area (Å²) in [4.78, 5) is 28.7. The van der Waals surface area contributed by atoms with Crippen molar-refractivity contribution in [2.75, 3.05) is 26.2 Å². The highest BCUT2D eigenvalue weighted by molar-refractivity contribution is 7.26. The number of aryl methyl sites for hydroxylation is 1. The standard InChI is InChI=1S/C23H30N4O2S/c1-3-18(22(28)24-12-9-15-26-13-7-4-8-14-26)27-23(29)20-17-10-5-6-11-19(17)30-21(20)16(2)25-27/h5-6,10-11,18H,3-4,7-9,12-15H2,1-2H3,(H,24,28)/t18-/m0/s1. The normalized spacial score (nSPS) is 16.2. The molecule has 1 fully saturated rings. The van der Waals surface area contributed by atoms with E-state index in [1.807, 2.05) is 38.1 Å². The topological polar surface area (TPSA) is 67.2 Å². The predicted octanol–water partition coefficient (Wildman–Crippen LogP) is 3.86. The lowest BCUT2D eigenvalue weighted by Gasteiger charge is -2.26. The van der Waals surface area contributed by atoms with E-state index >= 15 is 0 Å². The Balaban J connectivity index is 1.52. The van der Waals surface area contributed by atoms with Crippen molar-refractivity contribution in [2.45, 2.75) is 52.0 Å². The molecule has 30 heavy (non-hydrogen) atoms. The lowest BCUT2D eigenvalue weighted by atomic mass is 10.1. The number of rotatable bonds is 7. The number of benzene rings is 1. The van der Waals surface area contributed by atoms with Crippen LogP contribution >= 0.6 is 11.3 Å². The summed E-state index contributed by atoms with van der Waals surface area (Å²) in [7, 11) is 0. The van der Waals surface area contributed by atoms with Gasteiger partial charge >= 0.3 is 0 Å². The zero-order chi connectivity index (χ0) is 21.1. The third-order valence-corrected chi connectivity index (χ3v) is 7.27. The number of hydrogen-bond acceptors (Lipinski definition) is 5. The number of amides is 1. The molecule has 0 spiro atoms. The fraction of sp³-hybridized carbons (Fsp3) is 0.522. The Morgan fingerprint density at radius 1 is 1.23 bits per heavy atom. The van der Waals surface area contributed by atoms with Gasteiger partial charge in [-0.3, -0.25) is 9.59 Å². The van der Waals surface area contributed by atoms with E-state index in [4.69, 9.17) is 0 Å². The van der Waals surface area contributed by atoms with Crippen LogP contribution in [0.15, 0.2) is 29.1 Å². The average Bonchev–Trinajstić information content (AvgIpc) is 3.16. The summed E-state index contributed by atoms with van der Waals surface area (Å²) in [6.07, 6.45) is 5.34. The van der Waals surface area contributed by atoms with E-state index in [0.29, 0.717) is 18.4 Å². The summed E-state index contributed by atoms with van der Waals surface area (Å²) < 4.78 is 3.38. The first-order chi connectivity index (χ1) is 14.6. The van der Waals surface area contributed by atoms with Gasteiger partial charge in [0.2, 0.25) is 5.91 Å². The Labute approximate surface area is 180 Å². The van der Waals surface area contributed by atoms with Crippen LogP contribution in [-0.4, -0.2) is 46.8 Å². The molecule has 3 heterocycles. The van der Waals surface area contributed by atoms with Gasteiger partial charge < -0.3 is 10.2 Å². The van der Waals surface area contributed by atoms with E-state index < -0.39 is 6.04 Å². The maximum Gasteiger partial charge on any atom is 0.276 e. The molecule has 0 unspecified atom stereocenters. The second-order valence-electron chi connectivity index (χ2n) is 8.11. The van der Waals surface area contributed by atoms with Crippen molar-refractivity contribution in [2.24, 2.45) is 0 Å². The van der Waals surface area contributed by atoms with E-state index in [1.165, 1.54) is 37.0 Å². The third-order valence-electron chi connectivity index (χ3n) is 5.99. The average molecular weight is 427 g/mol. The molecule has 2 aromatic heterocycles. The van der Waals surface area contributed by atoms with Gasteiger partial charge in [-0.15, -0.1) is 11.3 Å². The largest absolute Gasteiger partial charge is 0.354 e. The van der Waals surface area contributed by atoms with E-state index in [1.54, 1.807) is 11.3 Å². The molecule has 1 saturated heterocycles. The van der Waals surface area contributed by atoms with Crippen molar-refractivity contribution in [1.29, 1.82) is 0 Å². The number of aromatic nitrogens is 2. The maximum atomic E-state index is 13.3. The summed E-state index contributed by atoms with van der Waals surface area (Å²) >= 11 is 1.59. The van der Waals surface area contributed by atoms with Crippen molar-refractivity contribution in [3.05, 3.63) is 40.3 Å². The van der Waals surface area contributed by atoms with Gasteiger partial charge in [0.25, 0.3) is 5.56 Å². The van der Waals surface area contributed by atoms with Gasteiger partial charge in [-0.05, 0) is 58.3 Å². The number of nitrogens with zero attached hydrogens (tertiary/aromatic N) is 3. The predicted molar refractivity (Wildman–Crippen MR) is 123 cm³/mol. The quantitative estimate of drug-likeness (QED) is 0.583. The summed E-state index contributed by atoms with van der Waals surface area (Å²) in [6.45, 7) is 7.82. The molecule has 1 aromatic carbocycles. The molecule has 0 aliphatic carbocycles. The molecule has 1 aliphatic rings. The molecule has 3 aromatic rings. The van der Waals surface area contributed by atoms with Crippen molar-refractivity contribution in [1.82, 2.24) is 20.0 Å². The number of fused-ring (bicyclic) bond motifs is 3. The van der Waals surface area contributed by atoms with Gasteiger partial charge in [0.1, 0.15) is 6.04 Å². The smallest absolute Gasteiger partial charge is 0.276 e. The number of hydrogen-bond donors (Lipinski definition) is 1. The zero-order valence-corrected chi connectivity index (χ0v) is 18.6. The Hall–Kier alpha value is -2.25. The van der Waals surface area contributed by atoms with Crippen LogP contribution in [0.25, 0.3) is 20.2 Å². The first kappa shape index (κ1) is 21.0. The van der Waals surface area contributed by atoms with E-state index in [9.17, 15) is 9.59 Å². The lowest BCUT2D eigenvalue weighted by molar-refractivity contribution is -0.124. The molecule has 6 nitrogen and oxygen atoms in total. The molecule has 1 amide bonds. The van der Waals surface area contributed by atoms with Crippen LogP contribution in [-0.2, 0) is 4.79 Å². The molecule has 1 atom stereocenters. The zero-order valence-electron chi connectivity index (χ0n) is 17.8. The van der Waals surface area contributed by atoms with Gasteiger partial charge in [-0.2, -0.15) is 5.10 Å². The van der Waals surface area contributed by atoms with Gasteiger partial charge in [-0.25, -0.2) is 4.68 Å². The number of likely N-dealkylation sites (tertiary alicyclic amines) is 1. The van der Waals surface area contributed by atoms with Crippen LogP contribution in [0.4, 0.5) is 0 Å². The van der Waals surface area contributed by atoms with Gasteiger partial charge in [0.15, 0.2) is 0 Å². The summed E-state index contributed by atoms with van der Waals surface area (Å²) in [6, 6.07) is 7.33. The Morgan fingerprint density at radius 2 is 2.00 bits per heavy atom. The number of thiophene rings is 1. The molecular formula is C23H30N4O2S. The molecule has 0 saturated carbocycles. The lowest BCUT2D eigenvalue weighted by Crippen LogP contribution is -2.40. The maximum absolute atomic E-state index is 13.3. The van der Waals surface area contributed by atoms with E-state index in [2.05, 4.69) is 15.3 Å². The highest BCUT2D eigenvalue weighted by Crippen LogP contribution is 2.33. The molecule has 1 aliphatic heterocycles. The van der Waals surface area contributed by atoms with E-state index in [0.717, 1.165) is 33.4 Å². The SMILES string of the molecule is CC[C@@H](C(=O)NCCCN1CCCCC1)n1nc(C)c2sc3ccccc3c2c1=O. The molecule has 0 radical (unpaired) electrons. The van der Waals surface area contributed by atoms with Crippen LogP contribution in [0, 0.1) is 6.92 Å². The summed E-state index contributed by atoms with van der Waals surface area (Å²) in [5.74, 6) is -0.121. The fourth-order valence-electron chi connectivity index (χ4n) is 4.38. The monoisotopic (exact) mass is 426 g/mol. The minimum Gasteiger partial charge on any atom is -0.354 e. The van der Waals surface area contributed by atoms with Gasteiger partial charge in [0.05, 0.1) is 15.8 Å². The molecule has 7 heteroatoms. The minimum atomic E-state index is -0.589. The number of piperidine rings is 1. The second kappa shape index (κ2) is 9.27.